The number of hydrogen-bond acceptors (Lipinski definition) is 8. The minimum absolute atomic E-state index is 0.0218. The van der Waals surface area contributed by atoms with Gasteiger partial charge in [-0.3, -0.25) is 14.5 Å². The molecule has 3 atom stereocenters. The van der Waals surface area contributed by atoms with Crippen molar-refractivity contribution in [3.05, 3.63) is 42.0 Å². The topological polar surface area (TPSA) is 107 Å². The molecule has 11 nitrogen and oxygen atoms in total. The van der Waals surface area contributed by atoms with Gasteiger partial charge in [-0.15, -0.1) is 0 Å². The number of rotatable bonds is 17. The first-order chi connectivity index (χ1) is 21.6. The molecule has 0 saturated carbocycles. The molecule has 2 heterocycles. The molecule has 0 aliphatic carbocycles. The van der Waals surface area contributed by atoms with Crippen LogP contribution in [0, 0.1) is 5.92 Å². The second kappa shape index (κ2) is 15.5. The van der Waals surface area contributed by atoms with Gasteiger partial charge in [0, 0.05) is 38.0 Å². The molecular formula is C34H50N3O8+. The molecule has 4 rings (SSSR count). The predicted octanol–water partition coefficient (Wildman–Crippen LogP) is 4.10. The van der Waals surface area contributed by atoms with Crippen molar-refractivity contribution in [3.63, 3.8) is 0 Å². The summed E-state index contributed by atoms with van der Waals surface area (Å²) in [4.78, 5) is 30.9. The number of quaternary nitrogens is 1. The van der Waals surface area contributed by atoms with Crippen LogP contribution in [0.3, 0.4) is 0 Å². The Hall–Kier alpha value is -3.70. The fourth-order valence-corrected chi connectivity index (χ4v) is 6.30. The highest BCUT2D eigenvalue weighted by Gasteiger charge is 2.47. The molecule has 45 heavy (non-hydrogen) atoms. The average Bonchev–Trinajstić information content (AvgIpc) is 3.63. The van der Waals surface area contributed by atoms with Crippen molar-refractivity contribution in [3.8, 4) is 28.7 Å². The normalized spacial score (nSPS) is 19.4. The number of methoxy groups -OCH3 is 2. The minimum Gasteiger partial charge on any atom is -0.493 e. The Morgan fingerprint density at radius 1 is 1.02 bits per heavy atom. The van der Waals surface area contributed by atoms with Crippen LogP contribution in [0.2, 0.25) is 0 Å². The number of benzene rings is 2. The van der Waals surface area contributed by atoms with E-state index in [0.29, 0.717) is 54.8 Å². The smallest absolute Gasteiger partial charge is 0.308 e. The molecule has 1 saturated heterocycles. The summed E-state index contributed by atoms with van der Waals surface area (Å²) >= 11 is 0. The molecule has 1 fully saturated rings. The molecule has 0 aromatic heterocycles. The van der Waals surface area contributed by atoms with E-state index in [1.165, 1.54) is 0 Å². The van der Waals surface area contributed by atoms with Gasteiger partial charge in [0.25, 0.3) is 0 Å². The summed E-state index contributed by atoms with van der Waals surface area (Å²) in [6.45, 7) is 5.31. The fraction of sp³-hybridized carbons (Fsp3) is 0.588. The largest absolute Gasteiger partial charge is 0.493 e. The maximum Gasteiger partial charge on any atom is 0.308 e. The lowest BCUT2D eigenvalue weighted by Crippen LogP contribution is -2.46. The van der Waals surface area contributed by atoms with Gasteiger partial charge in [-0.2, -0.15) is 0 Å². The van der Waals surface area contributed by atoms with Crippen LogP contribution in [0.1, 0.15) is 44.1 Å². The standard InChI is InChI=1S/C34H49N3O8/c1-7-8-15-35(16-11-17-37(2,3)4)31(38)22-36-21-25(24-19-29(42-6)33-30(20-24)44-23-45-33)32(34(39)40)26(36)14-18-43-28-13-10-9-12-27(28)41-5/h9-10,12-13,19-20,25-26,32H,7-8,11,14-18,21-23H2,1-6H3/p+1/t25-,26+,32?/m1/s1. The third-order valence-corrected chi connectivity index (χ3v) is 8.61. The average molecular weight is 629 g/mol. The summed E-state index contributed by atoms with van der Waals surface area (Å²) in [6, 6.07) is 10.6. The van der Waals surface area contributed by atoms with Gasteiger partial charge in [0.05, 0.1) is 61.0 Å². The zero-order chi connectivity index (χ0) is 32.6. The van der Waals surface area contributed by atoms with Crippen molar-refractivity contribution >= 4 is 11.9 Å². The predicted molar refractivity (Wildman–Crippen MR) is 170 cm³/mol. The monoisotopic (exact) mass is 628 g/mol. The Kier molecular flexibility index (Phi) is 11.8. The maximum atomic E-state index is 13.9. The Labute approximate surface area is 267 Å². The van der Waals surface area contributed by atoms with E-state index in [2.05, 4.69) is 28.1 Å². The molecule has 1 N–H and O–H groups in total. The van der Waals surface area contributed by atoms with Crippen molar-refractivity contribution in [2.45, 2.75) is 44.6 Å². The zero-order valence-corrected chi connectivity index (χ0v) is 27.6. The summed E-state index contributed by atoms with van der Waals surface area (Å²) in [5, 5.41) is 10.6. The van der Waals surface area contributed by atoms with Gasteiger partial charge in [-0.1, -0.05) is 25.5 Å². The number of aliphatic carboxylic acids is 1. The summed E-state index contributed by atoms with van der Waals surface area (Å²) in [5.41, 5.74) is 0.778. The van der Waals surface area contributed by atoms with E-state index in [-0.39, 0.29) is 25.9 Å². The van der Waals surface area contributed by atoms with E-state index in [9.17, 15) is 14.7 Å². The summed E-state index contributed by atoms with van der Waals surface area (Å²) in [6.07, 6.45) is 3.22. The first-order valence-corrected chi connectivity index (χ1v) is 15.8. The Morgan fingerprint density at radius 2 is 1.73 bits per heavy atom. The first kappa shape index (κ1) is 34.2. The third kappa shape index (κ3) is 8.73. The van der Waals surface area contributed by atoms with Crippen molar-refractivity contribution in [2.75, 3.05) is 81.5 Å². The number of unbranched alkanes of at least 4 members (excludes halogenated alkanes) is 1. The molecule has 2 aromatic rings. The van der Waals surface area contributed by atoms with E-state index in [1.54, 1.807) is 14.2 Å². The highest BCUT2D eigenvalue weighted by Crippen LogP contribution is 2.47. The molecular weight excluding hydrogens is 578 g/mol. The van der Waals surface area contributed by atoms with Crippen molar-refractivity contribution in [1.29, 1.82) is 0 Å². The number of likely N-dealkylation sites (tertiary alicyclic amines) is 1. The Bertz CT molecular complexity index is 1300. The van der Waals surface area contributed by atoms with Crippen molar-refractivity contribution < 1.29 is 42.9 Å². The molecule has 248 valence electrons. The van der Waals surface area contributed by atoms with E-state index in [0.717, 1.165) is 35.9 Å². The number of carbonyl (C=O) groups is 2. The van der Waals surface area contributed by atoms with Gasteiger partial charge in [0.2, 0.25) is 18.4 Å². The number of carboxylic acids is 1. The molecule has 11 heteroatoms. The summed E-state index contributed by atoms with van der Waals surface area (Å²) in [7, 11) is 9.59. The number of amides is 1. The summed E-state index contributed by atoms with van der Waals surface area (Å²) < 4.78 is 29.2. The van der Waals surface area contributed by atoms with Gasteiger partial charge < -0.3 is 38.2 Å². The van der Waals surface area contributed by atoms with Gasteiger partial charge in [-0.25, -0.2) is 0 Å². The Balaban J connectivity index is 1.60. The zero-order valence-electron chi connectivity index (χ0n) is 27.6. The fourth-order valence-electron chi connectivity index (χ4n) is 6.30. The van der Waals surface area contributed by atoms with Crippen LogP contribution in [0.25, 0.3) is 0 Å². The van der Waals surface area contributed by atoms with Crippen LogP contribution in [-0.2, 0) is 9.59 Å². The molecule has 0 bridgehead atoms. The lowest BCUT2D eigenvalue weighted by Gasteiger charge is -2.30. The number of hydrogen-bond donors (Lipinski definition) is 1. The minimum atomic E-state index is -0.917. The molecule has 0 radical (unpaired) electrons. The number of carbonyl (C=O) groups excluding carboxylic acids is 1. The second-order valence-electron chi connectivity index (χ2n) is 12.8. The van der Waals surface area contributed by atoms with Gasteiger partial charge >= 0.3 is 5.97 Å². The van der Waals surface area contributed by atoms with Gasteiger partial charge in [0.1, 0.15) is 0 Å². The highest BCUT2D eigenvalue weighted by atomic mass is 16.7. The molecule has 1 amide bonds. The first-order valence-electron chi connectivity index (χ1n) is 15.8. The van der Waals surface area contributed by atoms with Crippen molar-refractivity contribution in [1.82, 2.24) is 9.80 Å². The molecule has 2 aromatic carbocycles. The number of fused-ring (bicyclic) bond motifs is 1. The SMILES string of the molecule is CCCCN(CCC[N+](C)(C)C)C(=O)CN1C[C@H](c2cc(OC)c3c(c2)OCO3)C(C(=O)O)[C@@H]1CCOc1ccccc1OC. The van der Waals surface area contributed by atoms with E-state index in [4.69, 9.17) is 23.7 Å². The molecule has 1 unspecified atom stereocenters. The third-order valence-electron chi connectivity index (χ3n) is 8.61. The molecule has 2 aliphatic rings. The Morgan fingerprint density at radius 3 is 2.40 bits per heavy atom. The van der Waals surface area contributed by atoms with Crippen LogP contribution in [0.15, 0.2) is 36.4 Å². The van der Waals surface area contributed by atoms with Crippen LogP contribution in [-0.4, -0.2) is 119 Å². The van der Waals surface area contributed by atoms with E-state index >= 15 is 0 Å². The number of ether oxygens (including phenoxy) is 5. The maximum absolute atomic E-state index is 13.9. The van der Waals surface area contributed by atoms with Crippen LogP contribution >= 0.6 is 0 Å². The second-order valence-corrected chi connectivity index (χ2v) is 12.8. The lowest BCUT2D eigenvalue weighted by atomic mass is 9.84. The van der Waals surface area contributed by atoms with Gasteiger partial charge in [-0.05, 0) is 42.7 Å². The molecule has 0 spiro atoms. The van der Waals surface area contributed by atoms with Crippen molar-refractivity contribution in [2.24, 2.45) is 5.92 Å². The highest BCUT2D eigenvalue weighted by molar-refractivity contribution is 5.79. The van der Waals surface area contributed by atoms with Crippen LogP contribution in [0.5, 0.6) is 28.7 Å². The van der Waals surface area contributed by atoms with E-state index in [1.807, 2.05) is 46.2 Å². The summed E-state index contributed by atoms with van der Waals surface area (Å²) in [5.74, 6) is 0.654. The number of para-hydroxylation sites is 2. The number of nitrogens with zero attached hydrogens (tertiary/aromatic N) is 3. The lowest BCUT2D eigenvalue weighted by molar-refractivity contribution is -0.870. The van der Waals surface area contributed by atoms with Gasteiger partial charge in [0.15, 0.2) is 23.0 Å². The molecule has 2 aliphatic heterocycles. The quantitative estimate of drug-likeness (QED) is 0.259. The van der Waals surface area contributed by atoms with Crippen LogP contribution in [0.4, 0.5) is 0 Å². The van der Waals surface area contributed by atoms with E-state index < -0.39 is 23.8 Å². The number of carboxylic acid groups (broad SMARTS) is 1. The van der Waals surface area contributed by atoms with Crippen LogP contribution < -0.4 is 23.7 Å².